The molecule has 0 atom stereocenters. The third kappa shape index (κ3) is 4.14. The maximum absolute atomic E-state index is 9.20. The van der Waals surface area contributed by atoms with Crippen LogP contribution in [0.1, 0.15) is 38.3 Å². The number of hydrogen-bond donors (Lipinski definition) is 2. The van der Waals surface area contributed by atoms with Gasteiger partial charge in [0.05, 0.1) is 24.7 Å². The summed E-state index contributed by atoms with van der Waals surface area (Å²) in [6, 6.07) is 0.599. The average Bonchev–Trinajstić information content (AvgIpc) is 2.95. The van der Waals surface area contributed by atoms with Gasteiger partial charge in [-0.3, -0.25) is 9.88 Å². The van der Waals surface area contributed by atoms with E-state index in [4.69, 9.17) is 0 Å². The molecule has 0 amide bonds. The van der Waals surface area contributed by atoms with Crippen LogP contribution >= 0.6 is 0 Å². The number of anilines is 1. The normalized spacial score (nSPS) is 16.2. The molecular weight excluding hydrogens is 240 g/mol. The van der Waals surface area contributed by atoms with Gasteiger partial charge in [0.25, 0.3) is 0 Å². The van der Waals surface area contributed by atoms with Crippen molar-refractivity contribution in [1.82, 2.24) is 14.9 Å². The van der Waals surface area contributed by atoms with Gasteiger partial charge in [0.1, 0.15) is 5.82 Å². The molecule has 1 aromatic rings. The molecule has 0 spiro atoms. The van der Waals surface area contributed by atoms with Crippen molar-refractivity contribution < 1.29 is 5.11 Å². The standard InChI is InChI=1S/C14H24N4O/c1-2-15-14-10-16-12(9-17-14)11-18(7-8-19)13-5-3-4-6-13/h9-10,13,19H,2-8,11H2,1H3,(H,15,17). The van der Waals surface area contributed by atoms with Crippen LogP contribution in [0, 0.1) is 0 Å². The number of nitrogens with one attached hydrogen (secondary N) is 1. The Hall–Kier alpha value is -1.20. The molecule has 1 heterocycles. The summed E-state index contributed by atoms with van der Waals surface area (Å²) >= 11 is 0. The maximum atomic E-state index is 9.20. The Morgan fingerprint density at radius 2 is 2.11 bits per heavy atom. The maximum Gasteiger partial charge on any atom is 0.144 e. The molecule has 0 radical (unpaired) electrons. The lowest BCUT2D eigenvalue weighted by Crippen LogP contribution is -2.35. The van der Waals surface area contributed by atoms with Gasteiger partial charge in [0.15, 0.2) is 0 Å². The molecule has 1 aliphatic rings. The van der Waals surface area contributed by atoms with Gasteiger partial charge >= 0.3 is 0 Å². The van der Waals surface area contributed by atoms with Gasteiger partial charge in [0, 0.05) is 25.7 Å². The van der Waals surface area contributed by atoms with E-state index in [1.165, 1.54) is 25.7 Å². The molecule has 0 unspecified atom stereocenters. The van der Waals surface area contributed by atoms with Crippen molar-refractivity contribution in [3.05, 3.63) is 18.1 Å². The number of aromatic nitrogens is 2. The van der Waals surface area contributed by atoms with Crippen LogP contribution in [-0.2, 0) is 6.54 Å². The summed E-state index contributed by atoms with van der Waals surface area (Å²) in [4.78, 5) is 11.1. The van der Waals surface area contributed by atoms with E-state index in [0.29, 0.717) is 6.04 Å². The van der Waals surface area contributed by atoms with Crippen LogP contribution < -0.4 is 5.32 Å². The van der Waals surface area contributed by atoms with Crippen LogP contribution in [0.15, 0.2) is 12.4 Å². The molecule has 19 heavy (non-hydrogen) atoms. The number of aliphatic hydroxyl groups is 1. The van der Waals surface area contributed by atoms with Gasteiger partial charge < -0.3 is 10.4 Å². The van der Waals surface area contributed by atoms with Crippen molar-refractivity contribution in [3.63, 3.8) is 0 Å². The molecule has 0 bridgehead atoms. The molecule has 0 aliphatic heterocycles. The minimum Gasteiger partial charge on any atom is -0.395 e. The van der Waals surface area contributed by atoms with Gasteiger partial charge in [-0.05, 0) is 19.8 Å². The van der Waals surface area contributed by atoms with Crippen LogP contribution in [0.4, 0.5) is 5.82 Å². The zero-order chi connectivity index (χ0) is 13.5. The molecule has 5 nitrogen and oxygen atoms in total. The zero-order valence-electron chi connectivity index (χ0n) is 11.7. The topological polar surface area (TPSA) is 61.3 Å². The third-order valence-corrected chi connectivity index (χ3v) is 3.66. The Bertz CT molecular complexity index is 362. The first-order valence-electron chi connectivity index (χ1n) is 7.23. The number of aliphatic hydroxyl groups excluding tert-OH is 1. The van der Waals surface area contributed by atoms with Crippen LogP contribution in [0.25, 0.3) is 0 Å². The summed E-state index contributed by atoms with van der Waals surface area (Å²) < 4.78 is 0. The molecule has 1 aromatic heterocycles. The van der Waals surface area contributed by atoms with E-state index in [-0.39, 0.29) is 6.61 Å². The third-order valence-electron chi connectivity index (χ3n) is 3.66. The second kappa shape index (κ2) is 7.40. The van der Waals surface area contributed by atoms with Gasteiger partial charge in [-0.2, -0.15) is 0 Å². The van der Waals surface area contributed by atoms with E-state index < -0.39 is 0 Å². The predicted octanol–water partition coefficient (Wildman–Crippen LogP) is 1.65. The number of hydrogen-bond acceptors (Lipinski definition) is 5. The van der Waals surface area contributed by atoms with Gasteiger partial charge in [0.2, 0.25) is 0 Å². The minimum absolute atomic E-state index is 0.208. The van der Waals surface area contributed by atoms with Gasteiger partial charge in [-0.25, -0.2) is 4.98 Å². The lowest BCUT2D eigenvalue weighted by atomic mass is 10.2. The van der Waals surface area contributed by atoms with E-state index in [1.807, 2.05) is 13.1 Å². The van der Waals surface area contributed by atoms with Crippen LogP contribution in [0.5, 0.6) is 0 Å². The molecule has 1 fully saturated rings. The first-order chi connectivity index (χ1) is 9.33. The smallest absolute Gasteiger partial charge is 0.144 e. The van der Waals surface area contributed by atoms with Crippen molar-refractivity contribution in [2.45, 2.75) is 45.2 Å². The number of rotatable bonds is 7. The van der Waals surface area contributed by atoms with Crippen LogP contribution in [-0.4, -0.2) is 45.7 Å². The summed E-state index contributed by atoms with van der Waals surface area (Å²) in [5.41, 5.74) is 0.974. The van der Waals surface area contributed by atoms with Gasteiger partial charge in [-0.1, -0.05) is 12.8 Å². The highest BCUT2D eigenvalue weighted by atomic mass is 16.3. The van der Waals surface area contributed by atoms with Crippen molar-refractivity contribution in [2.24, 2.45) is 0 Å². The Kier molecular flexibility index (Phi) is 5.54. The lowest BCUT2D eigenvalue weighted by molar-refractivity contribution is 0.143. The number of nitrogens with zero attached hydrogens (tertiary/aromatic N) is 3. The first-order valence-corrected chi connectivity index (χ1v) is 7.23. The molecule has 106 valence electrons. The fraction of sp³-hybridized carbons (Fsp3) is 0.714. The molecule has 5 heteroatoms. The quantitative estimate of drug-likeness (QED) is 0.784. The Morgan fingerprint density at radius 1 is 1.32 bits per heavy atom. The van der Waals surface area contributed by atoms with E-state index >= 15 is 0 Å². The average molecular weight is 264 g/mol. The Morgan fingerprint density at radius 3 is 2.68 bits per heavy atom. The highest BCUT2D eigenvalue weighted by Crippen LogP contribution is 2.24. The molecular formula is C14H24N4O. The van der Waals surface area contributed by atoms with E-state index in [9.17, 15) is 5.11 Å². The fourth-order valence-electron chi connectivity index (χ4n) is 2.71. The molecule has 0 aromatic carbocycles. The largest absolute Gasteiger partial charge is 0.395 e. The summed E-state index contributed by atoms with van der Waals surface area (Å²) in [6.45, 7) is 4.61. The van der Waals surface area contributed by atoms with E-state index in [1.54, 1.807) is 6.20 Å². The predicted molar refractivity (Wildman–Crippen MR) is 75.9 cm³/mol. The van der Waals surface area contributed by atoms with Crippen molar-refractivity contribution >= 4 is 5.82 Å². The minimum atomic E-state index is 0.208. The van der Waals surface area contributed by atoms with Crippen molar-refractivity contribution in [3.8, 4) is 0 Å². The summed E-state index contributed by atoms with van der Waals surface area (Å²) in [5.74, 6) is 0.820. The highest BCUT2D eigenvalue weighted by Gasteiger charge is 2.22. The van der Waals surface area contributed by atoms with Crippen molar-refractivity contribution in [2.75, 3.05) is 25.0 Å². The van der Waals surface area contributed by atoms with Crippen LogP contribution in [0.2, 0.25) is 0 Å². The lowest BCUT2D eigenvalue weighted by Gasteiger charge is -2.27. The summed E-state index contributed by atoms with van der Waals surface area (Å²) in [6.07, 6.45) is 8.70. The molecule has 2 rings (SSSR count). The monoisotopic (exact) mass is 264 g/mol. The second-order valence-electron chi connectivity index (χ2n) is 5.06. The molecule has 2 N–H and O–H groups in total. The molecule has 1 aliphatic carbocycles. The Balaban J connectivity index is 1.95. The SMILES string of the molecule is CCNc1cnc(CN(CCO)C2CCCC2)cn1. The first kappa shape index (κ1) is 14.2. The van der Waals surface area contributed by atoms with E-state index in [2.05, 4.69) is 20.2 Å². The van der Waals surface area contributed by atoms with Gasteiger partial charge in [-0.15, -0.1) is 0 Å². The fourth-order valence-corrected chi connectivity index (χ4v) is 2.71. The van der Waals surface area contributed by atoms with Crippen LogP contribution in [0.3, 0.4) is 0 Å². The molecule has 1 saturated carbocycles. The van der Waals surface area contributed by atoms with E-state index in [0.717, 1.165) is 31.1 Å². The zero-order valence-corrected chi connectivity index (χ0v) is 11.7. The Labute approximate surface area is 115 Å². The highest BCUT2D eigenvalue weighted by molar-refractivity contribution is 5.30. The summed E-state index contributed by atoms with van der Waals surface area (Å²) in [5, 5.41) is 12.3. The second-order valence-corrected chi connectivity index (χ2v) is 5.06. The summed E-state index contributed by atoms with van der Waals surface area (Å²) in [7, 11) is 0. The van der Waals surface area contributed by atoms with Crippen molar-refractivity contribution in [1.29, 1.82) is 0 Å². The molecule has 0 saturated heterocycles.